The van der Waals surface area contributed by atoms with Crippen LogP contribution < -0.4 is 0 Å². The molecule has 6 nitrogen and oxygen atoms in total. The van der Waals surface area contributed by atoms with E-state index in [-0.39, 0.29) is 18.8 Å². The van der Waals surface area contributed by atoms with E-state index in [1.54, 1.807) is 4.90 Å². The highest BCUT2D eigenvalue weighted by molar-refractivity contribution is 5.80. The summed E-state index contributed by atoms with van der Waals surface area (Å²) >= 11 is 0. The van der Waals surface area contributed by atoms with Crippen LogP contribution in [0.4, 0.5) is 4.79 Å². The molecule has 138 valence electrons. The monoisotopic (exact) mass is 349 g/mol. The van der Waals surface area contributed by atoms with Crippen molar-refractivity contribution in [2.45, 2.75) is 44.6 Å². The van der Waals surface area contributed by atoms with Gasteiger partial charge in [0.25, 0.3) is 0 Å². The molecule has 2 atom stereocenters. The summed E-state index contributed by atoms with van der Waals surface area (Å²) in [5.41, 5.74) is 0.848. The number of likely N-dealkylation sites (tertiary alicyclic amines) is 1. The fraction of sp³-hybridized carbons (Fsp3) is 0.579. The molecule has 1 aromatic rings. The molecule has 1 heterocycles. The number of methoxy groups -OCH3 is 1. The van der Waals surface area contributed by atoms with Crippen LogP contribution in [-0.4, -0.2) is 50.1 Å². The predicted octanol–water partition coefficient (Wildman–Crippen LogP) is 3.32. The maximum absolute atomic E-state index is 12.5. The fourth-order valence-electron chi connectivity index (χ4n) is 3.21. The van der Waals surface area contributed by atoms with Gasteiger partial charge in [0.05, 0.1) is 19.8 Å². The first-order valence-corrected chi connectivity index (χ1v) is 8.83. The molecule has 1 fully saturated rings. The van der Waals surface area contributed by atoms with E-state index in [0.29, 0.717) is 13.2 Å². The molecule has 25 heavy (non-hydrogen) atoms. The van der Waals surface area contributed by atoms with Gasteiger partial charge in [-0.3, -0.25) is 4.79 Å². The zero-order valence-corrected chi connectivity index (χ0v) is 15.0. The van der Waals surface area contributed by atoms with Crippen molar-refractivity contribution in [1.82, 2.24) is 4.90 Å². The summed E-state index contributed by atoms with van der Waals surface area (Å²) in [5, 5.41) is 0. The number of carbonyl (C=O) groups excluding carboxylic acids is 2. The lowest BCUT2D eigenvalue weighted by atomic mass is 9.85. The third-order valence-corrected chi connectivity index (χ3v) is 4.40. The van der Waals surface area contributed by atoms with Gasteiger partial charge in [-0.05, 0) is 31.2 Å². The summed E-state index contributed by atoms with van der Waals surface area (Å²) in [5.74, 6) is -0.853. The number of hydrogen-bond acceptors (Lipinski definition) is 5. The highest BCUT2D eigenvalue weighted by Crippen LogP contribution is 2.32. The number of esters is 1. The maximum atomic E-state index is 12.5. The smallest absolute Gasteiger partial charge is 0.412 e. The van der Waals surface area contributed by atoms with E-state index >= 15 is 0 Å². The Labute approximate surface area is 149 Å². The molecule has 0 aliphatic carbocycles. The topological polar surface area (TPSA) is 65.1 Å². The van der Waals surface area contributed by atoms with Gasteiger partial charge in [0.15, 0.2) is 6.79 Å². The first-order chi connectivity index (χ1) is 12.2. The third-order valence-electron chi connectivity index (χ3n) is 4.40. The van der Waals surface area contributed by atoms with Gasteiger partial charge in [-0.2, -0.15) is 0 Å². The molecule has 1 amide bonds. The molecule has 1 aromatic carbocycles. The summed E-state index contributed by atoms with van der Waals surface area (Å²) in [6.45, 7) is 3.04. The molecule has 2 rings (SSSR count). The van der Waals surface area contributed by atoms with E-state index in [9.17, 15) is 9.59 Å². The van der Waals surface area contributed by atoms with Crippen LogP contribution in [0.3, 0.4) is 0 Å². The summed E-state index contributed by atoms with van der Waals surface area (Å²) in [4.78, 5) is 26.6. The van der Waals surface area contributed by atoms with Crippen LogP contribution in [0.1, 0.15) is 44.1 Å². The summed E-state index contributed by atoms with van der Waals surface area (Å²) < 4.78 is 15.5. The minimum absolute atomic E-state index is 0.0654. The average Bonchev–Trinajstić information content (AvgIpc) is 2.66. The second-order valence-electron chi connectivity index (χ2n) is 6.10. The van der Waals surface area contributed by atoms with Crippen LogP contribution in [0, 0.1) is 0 Å². The summed E-state index contributed by atoms with van der Waals surface area (Å²) in [6, 6.07) is 9.18. The Morgan fingerprint density at radius 3 is 2.68 bits per heavy atom. The standard InChI is InChI=1S/C19H27NO5/c1-3-13-24-14-25-19(22)20-12-8-7-11-16(20)17(18(21)23-2)15-9-5-4-6-10-15/h4-6,9-10,16-17H,3,7-8,11-14H2,1-2H3. The van der Waals surface area contributed by atoms with Crippen molar-refractivity contribution in [3.05, 3.63) is 35.9 Å². The van der Waals surface area contributed by atoms with Crippen molar-refractivity contribution in [3.8, 4) is 0 Å². The molecule has 0 radical (unpaired) electrons. The Hall–Kier alpha value is -2.08. The molecule has 0 N–H and O–H groups in total. The number of nitrogens with zero attached hydrogens (tertiary/aromatic N) is 1. The van der Waals surface area contributed by atoms with Gasteiger partial charge in [-0.15, -0.1) is 0 Å². The third kappa shape index (κ3) is 5.19. The zero-order chi connectivity index (χ0) is 18.1. The first-order valence-electron chi connectivity index (χ1n) is 8.83. The molecule has 0 spiro atoms. The SMILES string of the molecule is CCCOCOC(=O)N1CCCCC1C(C(=O)OC)c1ccccc1. The van der Waals surface area contributed by atoms with Crippen molar-refractivity contribution in [1.29, 1.82) is 0 Å². The molecule has 1 saturated heterocycles. The first kappa shape index (κ1) is 19.2. The van der Waals surface area contributed by atoms with Gasteiger partial charge in [0.1, 0.15) is 5.92 Å². The predicted molar refractivity (Wildman–Crippen MR) is 93.1 cm³/mol. The lowest BCUT2D eigenvalue weighted by molar-refractivity contribution is -0.144. The number of ether oxygens (including phenoxy) is 3. The molecule has 0 aromatic heterocycles. The number of piperidine rings is 1. The number of rotatable bonds is 7. The Balaban J connectivity index is 2.15. The van der Waals surface area contributed by atoms with Gasteiger partial charge >= 0.3 is 12.1 Å². The number of amides is 1. The van der Waals surface area contributed by atoms with Gasteiger partial charge in [0.2, 0.25) is 0 Å². The van der Waals surface area contributed by atoms with Crippen LogP contribution in [0.2, 0.25) is 0 Å². The van der Waals surface area contributed by atoms with Crippen LogP contribution in [0.5, 0.6) is 0 Å². The summed E-state index contributed by atoms with van der Waals surface area (Å²) in [7, 11) is 1.38. The van der Waals surface area contributed by atoms with E-state index in [4.69, 9.17) is 14.2 Å². The average molecular weight is 349 g/mol. The molecule has 6 heteroatoms. The maximum Gasteiger partial charge on any atom is 0.412 e. The van der Waals surface area contributed by atoms with E-state index < -0.39 is 12.0 Å². The quantitative estimate of drug-likeness (QED) is 0.429. The van der Waals surface area contributed by atoms with E-state index in [1.165, 1.54) is 7.11 Å². The zero-order valence-electron chi connectivity index (χ0n) is 15.0. The lowest BCUT2D eigenvalue weighted by Crippen LogP contribution is -2.49. The highest BCUT2D eigenvalue weighted by Gasteiger charge is 2.39. The fourth-order valence-corrected chi connectivity index (χ4v) is 3.21. The van der Waals surface area contributed by atoms with E-state index in [0.717, 1.165) is 31.2 Å². The van der Waals surface area contributed by atoms with Crippen LogP contribution in [0.25, 0.3) is 0 Å². The molecule has 0 bridgehead atoms. The molecule has 0 saturated carbocycles. The molecular weight excluding hydrogens is 322 g/mol. The van der Waals surface area contributed by atoms with Crippen LogP contribution >= 0.6 is 0 Å². The van der Waals surface area contributed by atoms with Crippen molar-refractivity contribution in [3.63, 3.8) is 0 Å². The Bertz CT molecular complexity index is 548. The van der Waals surface area contributed by atoms with Crippen molar-refractivity contribution in [2.24, 2.45) is 0 Å². The Morgan fingerprint density at radius 2 is 2.00 bits per heavy atom. The molecule has 2 unspecified atom stereocenters. The number of carbonyl (C=O) groups is 2. The van der Waals surface area contributed by atoms with Crippen LogP contribution in [-0.2, 0) is 19.0 Å². The van der Waals surface area contributed by atoms with E-state index in [1.807, 2.05) is 37.3 Å². The van der Waals surface area contributed by atoms with Crippen molar-refractivity contribution >= 4 is 12.1 Å². The number of benzene rings is 1. The van der Waals surface area contributed by atoms with Crippen molar-refractivity contribution in [2.75, 3.05) is 27.1 Å². The number of hydrogen-bond donors (Lipinski definition) is 0. The van der Waals surface area contributed by atoms with Crippen LogP contribution in [0.15, 0.2) is 30.3 Å². The van der Waals surface area contributed by atoms with Gasteiger partial charge in [-0.25, -0.2) is 4.79 Å². The molecule has 1 aliphatic heterocycles. The Morgan fingerprint density at radius 1 is 1.24 bits per heavy atom. The second-order valence-corrected chi connectivity index (χ2v) is 6.10. The minimum Gasteiger partial charge on any atom is -0.468 e. The summed E-state index contributed by atoms with van der Waals surface area (Å²) in [6.07, 6.45) is 3.01. The van der Waals surface area contributed by atoms with Gasteiger partial charge in [0, 0.05) is 6.54 Å². The largest absolute Gasteiger partial charge is 0.468 e. The van der Waals surface area contributed by atoms with Crippen molar-refractivity contribution < 1.29 is 23.8 Å². The molecular formula is C19H27NO5. The normalized spacial score (nSPS) is 18.5. The second kappa shape index (κ2) is 10.0. The lowest BCUT2D eigenvalue weighted by Gasteiger charge is -2.38. The minimum atomic E-state index is -0.518. The van der Waals surface area contributed by atoms with Gasteiger partial charge in [-0.1, -0.05) is 37.3 Å². The van der Waals surface area contributed by atoms with Gasteiger partial charge < -0.3 is 19.1 Å². The Kier molecular flexibility index (Phi) is 7.73. The highest BCUT2D eigenvalue weighted by atomic mass is 16.7. The van der Waals surface area contributed by atoms with E-state index in [2.05, 4.69) is 0 Å². The molecule has 1 aliphatic rings.